The number of hydrogen-bond donors (Lipinski definition) is 2. The standard InChI is InChI=1S/C9H18NO7P/c1-8(2,3)17-7(13)9(10,6(11)12)18(14,15-4)16-5/h10H2,1-5H3,(H,11,12). The molecule has 0 aliphatic rings. The van der Waals surface area contributed by atoms with Gasteiger partial charge in [0.05, 0.1) is 0 Å². The molecule has 0 spiro atoms. The molecule has 0 heterocycles. The predicted molar refractivity (Wildman–Crippen MR) is 62.0 cm³/mol. The summed E-state index contributed by atoms with van der Waals surface area (Å²) in [7, 11) is -2.54. The molecule has 1 atom stereocenters. The van der Waals surface area contributed by atoms with Crippen LogP contribution in [0, 0.1) is 0 Å². The zero-order chi connectivity index (χ0) is 14.8. The van der Waals surface area contributed by atoms with Crippen molar-refractivity contribution in [1.29, 1.82) is 0 Å². The molecule has 0 amide bonds. The normalized spacial score (nSPS) is 15.9. The topological polar surface area (TPSA) is 125 Å². The molecular weight excluding hydrogens is 265 g/mol. The molecule has 0 rings (SSSR count). The van der Waals surface area contributed by atoms with Crippen molar-refractivity contribution in [2.45, 2.75) is 31.7 Å². The molecule has 0 saturated carbocycles. The lowest BCUT2D eigenvalue weighted by Crippen LogP contribution is -2.57. The Morgan fingerprint density at radius 2 is 1.56 bits per heavy atom. The summed E-state index contributed by atoms with van der Waals surface area (Å²) in [5.41, 5.74) is 4.41. The monoisotopic (exact) mass is 283 g/mol. The highest BCUT2D eigenvalue weighted by molar-refractivity contribution is 7.58. The van der Waals surface area contributed by atoms with Gasteiger partial charge in [0.2, 0.25) is 0 Å². The molecule has 8 nitrogen and oxygen atoms in total. The van der Waals surface area contributed by atoms with Gasteiger partial charge in [0.1, 0.15) is 5.60 Å². The van der Waals surface area contributed by atoms with Gasteiger partial charge in [0, 0.05) is 14.2 Å². The Labute approximate surface area is 105 Å². The van der Waals surface area contributed by atoms with Gasteiger partial charge in [0.25, 0.3) is 0 Å². The van der Waals surface area contributed by atoms with Gasteiger partial charge in [0.15, 0.2) is 0 Å². The van der Waals surface area contributed by atoms with Gasteiger partial charge in [-0.15, -0.1) is 0 Å². The lowest BCUT2D eigenvalue weighted by Gasteiger charge is -2.31. The Bertz CT molecular complexity index is 381. The van der Waals surface area contributed by atoms with Crippen LogP contribution in [-0.4, -0.2) is 42.1 Å². The van der Waals surface area contributed by atoms with Gasteiger partial charge >= 0.3 is 24.8 Å². The fourth-order valence-electron chi connectivity index (χ4n) is 1.03. The van der Waals surface area contributed by atoms with Crippen LogP contribution in [-0.2, 0) is 27.9 Å². The number of aliphatic carboxylic acids is 1. The van der Waals surface area contributed by atoms with Crippen LogP contribution in [0.1, 0.15) is 20.8 Å². The van der Waals surface area contributed by atoms with E-state index in [-0.39, 0.29) is 0 Å². The Kier molecular flexibility index (Phi) is 5.07. The van der Waals surface area contributed by atoms with Gasteiger partial charge < -0.3 is 18.9 Å². The van der Waals surface area contributed by atoms with Gasteiger partial charge in [-0.3, -0.25) is 10.3 Å². The number of ether oxygens (including phenoxy) is 1. The molecule has 3 N–H and O–H groups in total. The Morgan fingerprint density at radius 1 is 1.17 bits per heavy atom. The lowest BCUT2D eigenvalue weighted by molar-refractivity contribution is -0.165. The highest BCUT2D eigenvalue weighted by atomic mass is 31.2. The van der Waals surface area contributed by atoms with E-state index in [1.165, 1.54) is 20.8 Å². The number of nitrogens with two attached hydrogens (primary N) is 1. The van der Waals surface area contributed by atoms with E-state index in [4.69, 9.17) is 15.6 Å². The first kappa shape index (κ1) is 17.1. The zero-order valence-corrected chi connectivity index (χ0v) is 11.8. The van der Waals surface area contributed by atoms with Crippen LogP contribution in [0.2, 0.25) is 0 Å². The second kappa shape index (κ2) is 5.36. The second-order valence-electron chi connectivity index (χ2n) is 4.44. The molecule has 9 heteroatoms. The lowest BCUT2D eigenvalue weighted by atomic mass is 10.2. The molecule has 0 bridgehead atoms. The first-order valence-electron chi connectivity index (χ1n) is 4.92. The minimum absolute atomic E-state index is 0.930. The van der Waals surface area contributed by atoms with Crippen molar-refractivity contribution in [2.75, 3.05) is 14.2 Å². The highest BCUT2D eigenvalue weighted by Gasteiger charge is 2.62. The summed E-state index contributed by atoms with van der Waals surface area (Å²) in [6.07, 6.45) is 0. The first-order chi connectivity index (χ1) is 7.94. The molecule has 0 saturated heterocycles. The summed E-state index contributed by atoms with van der Waals surface area (Å²) < 4.78 is 25.9. The van der Waals surface area contributed by atoms with Crippen molar-refractivity contribution in [3.05, 3.63) is 0 Å². The largest absolute Gasteiger partial charge is 0.479 e. The van der Waals surface area contributed by atoms with Gasteiger partial charge in [-0.1, -0.05) is 0 Å². The molecule has 0 fully saturated rings. The number of carboxylic acids is 1. The molecule has 0 aliphatic heterocycles. The Hall–Kier alpha value is -0.950. The highest BCUT2D eigenvalue weighted by Crippen LogP contribution is 2.57. The molecular formula is C9H18NO7P. The van der Waals surface area contributed by atoms with Crippen molar-refractivity contribution >= 4 is 19.5 Å². The quantitative estimate of drug-likeness (QED) is 0.425. The van der Waals surface area contributed by atoms with Crippen LogP contribution in [0.25, 0.3) is 0 Å². The zero-order valence-electron chi connectivity index (χ0n) is 10.9. The Balaban J connectivity index is 5.63. The summed E-state index contributed by atoms with van der Waals surface area (Å²) in [5.74, 6) is -3.25. The van der Waals surface area contributed by atoms with E-state index in [1.807, 2.05) is 0 Å². The van der Waals surface area contributed by atoms with Gasteiger partial charge in [-0.05, 0) is 20.8 Å². The minimum atomic E-state index is -4.40. The van der Waals surface area contributed by atoms with E-state index in [9.17, 15) is 14.2 Å². The van der Waals surface area contributed by atoms with Crippen LogP contribution in [0.15, 0.2) is 0 Å². The van der Waals surface area contributed by atoms with E-state index < -0.39 is 30.4 Å². The SMILES string of the molecule is COP(=O)(OC)C(N)(C(=O)O)C(=O)OC(C)(C)C. The van der Waals surface area contributed by atoms with E-state index in [1.54, 1.807) is 0 Å². The fourth-order valence-corrected chi connectivity index (χ4v) is 2.26. The summed E-state index contributed by atoms with van der Waals surface area (Å²) in [5, 5.41) is 6.13. The predicted octanol–water partition coefficient (Wildman–Crippen LogP) is 0.554. The summed E-state index contributed by atoms with van der Waals surface area (Å²) in [4.78, 5) is 23.0. The smallest absolute Gasteiger partial charge is 0.373 e. The van der Waals surface area contributed by atoms with Crippen LogP contribution in [0.4, 0.5) is 0 Å². The molecule has 106 valence electrons. The molecule has 0 aromatic carbocycles. The summed E-state index contributed by atoms with van der Waals surface area (Å²) >= 11 is 0. The Morgan fingerprint density at radius 3 is 1.78 bits per heavy atom. The van der Waals surface area contributed by atoms with Crippen molar-refractivity contribution in [3.8, 4) is 0 Å². The maximum atomic E-state index is 12.1. The van der Waals surface area contributed by atoms with Crippen molar-refractivity contribution < 1.29 is 33.0 Å². The summed E-state index contributed by atoms with van der Waals surface area (Å²) in [6, 6.07) is 0. The number of carboxylic acid groups (broad SMARTS) is 1. The summed E-state index contributed by atoms with van der Waals surface area (Å²) in [6.45, 7) is 4.53. The van der Waals surface area contributed by atoms with Crippen LogP contribution >= 0.6 is 7.60 Å². The van der Waals surface area contributed by atoms with Crippen LogP contribution in [0.5, 0.6) is 0 Å². The van der Waals surface area contributed by atoms with Crippen molar-refractivity contribution in [2.24, 2.45) is 5.73 Å². The van der Waals surface area contributed by atoms with Gasteiger partial charge in [-0.2, -0.15) is 0 Å². The maximum Gasteiger partial charge on any atom is 0.373 e. The van der Waals surface area contributed by atoms with Crippen molar-refractivity contribution in [1.82, 2.24) is 0 Å². The number of carbonyl (C=O) groups excluding carboxylic acids is 1. The number of esters is 1. The number of rotatable bonds is 5. The van der Waals surface area contributed by atoms with E-state index >= 15 is 0 Å². The number of carbonyl (C=O) groups is 2. The van der Waals surface area contributed by atoms with Crippen molar-refractivity contribution in [3.63, 3.8) is 0 Å². The molecule has 1 unspecified atom stereocenters. The van der Waals surface area contributed by atoms with Crippen LogP contribution in [0.3, 0.4) is 0 Å². The van der Waals surface area contributed by atoms with Gasteiger partial charge in [-0.25, -0.2) is 9.59 Å². The number of hydrogen-bond acceptors (Lipinski definition) is 7. The molecule has 0 radical (unpaired) electrons. The maximum absolute atomic E-state index is 12.1. The molecule has 0 aromatic rings. The average Bonchev–Trinajstić information content (AvgIpc) is 2.23. The molecule has 0 aliphatic carbocycles. The van der Waals surface area contributed by atoms with Crippen LogP contribution < -0.4 is 5.73 Å². The third-order valence-electron chi connectivity index (χ3n) is 1.95. The first-order valence-corrected chi connectivity index (χ1v) is 6.46. The van der Waals surface area contributed by atoms with E-state index in [0.717, 1.165) is 14.2 Å². The van der Waals surface area contributed by atoms with E-state index in [2.05, 4.69) is 9.05 Å². The molecule has 18 heavy (non-hydrogen) atoms. The third-order valence-corrected chi connectivity index (χ3v) is 4.15. The second-order valence-corrected chi connectivity index (χ2v) is 6.87. The molecule has 0 aromatic heterocycles. The fraction of sp³-hybridized carbons (Fsp3) is 0.778. The minimum Gasteiger partial charge on any atom is -0.479 e. The van der Waals surface area contributed by atoms with E-state index in [0.29, 0.717) is 0 Å². The third kappa shape index (κ3) is 3.08. The average molecular weight is 283 g/mol.